The number of aliphatic hydroxyl groups excluding tert-OH is 1. The lowest BCUT2D eigenvalue weighted by Gasteiger charge is -2.17. The molecule has 2 fully saturated rings. The number of rotatable bonds is 1. The van der Waals surface area contributed by atoms with Crippen LogP contribution in [0.4, 0.5) is 0 Å². The fourth-order valence-electron chi connectivity index (χ4n) is 3.64. The third kappa shape index (κ3) is 1.02. The molecule has 12 heavy (non-hydrogen) atoms. The molecule has 3 unspecified atom stereocenters. The maximum Gasteiger partial charge on any atom is 0.0464 e. The van der Waals surface area contributed by atoms with Gasteiger partial charge in [0, 0.05) is 6.61 Å². The maximum atomic E-state index is 9.12. The summed E-state index contributed by atoms with van der Waals surface area (Å²) in [7, 11) is 0. The first-order valence-corrected chi connectivity index (χ1v) is 5.11. The van der Waals surface area contributed by atoms with Crippen LogP contribution in [0.15, 0.2) is 0 Å². The summed E-state index contributed by atoms with van der Waals surface area (Å²) < 4.78 is 0. The van der Waals surface area contributed by atoms with Gasteiger partial charge in [0.05, 0.1) is 0 Å². The highest BCUT2D eigenvalue weighted by Crippen LogP contribution is 2.69. The van der Waals surface area contributed by atoms with Gasteiger partial charge in [0.15, 0.2) is 0 Å². The van der Waals surface area contributed by atoms with Crippen molar-refractivity contribution in [3.63, 3.8) is 0 Å². The maximum absolute atomic E-state index is 9.12. The van der Waals surface area contributed by atoms with Crippen molar-refractivity contribution >= 4 is 0 Å². The Bertz CT molecular complexity index is 197. The third-order valence-electron chi connectivity index (χ3n) is 4.15. The molecular formula is C11H20O. The van der Waals surface area contributed by atoms with E-state index in [1.807, 2.05) is 0 Å². The van der Waals surface area contributed by atoms with Crippen LogP contribution in [0.2, 0.25) is 0 Å². The number of hydrogen-bond acceptors (Lipinski definition) is 1. The van der Waals surface area contributed by atoms with E-state index in [0.717, 1.165) is 5.92 Å². The molecule has 0 aromatic heterocycles. The van der Waals surface area contributed by atoms with E-state index in [9.17, 15) is 0 Å². The molecule has 1 nitrogen and oxygen atoms in total. The summed E-state index contributed by atoms with van der Waals surface area (Å²) in [6, 6.07) is 0. The Kier molecular flexibility index (Phi) is 1.61. The molecule has 0 heterocycles. The smallest absolute Gasteiger partial charge is 0.0464 e. The van der Waals surface area contributed by atoms with Gasteiger partial charge in [0.25, 0.3) is 0 Å². The molecule has 0 aromatic rings. The first-order valence-electron chi connectivity index (χ1n) is 5.11. The van der Waals surface area contributed by atoms with E-state index in [0.29, 0.717) is 23.4 Å². The van der Waals surface area contributed by atoms with Gasteiger partial charge in [-0.15, -0.1) is 0 Å². The Morgan fingerprint density at radius 1 is 1.33 bits per heavy atom. The van der Waals surface area contributed by atoms with Crippen molar-refractivity contribution in [2.45, 2.75) is 40.0 Å². The van der Waals surface area contributed by atoms with Crippen LogP contribution in [-0.4, -0.2) is 11.7 Å². The second-order valence-electron chi connectivity index (χ2n) is 5.76. The second kappa shape index (κ2) is 2.25. The minimum absolute atomic E-state index is 0.417. The summed E-state index contributed by atoms with van der Waals surface area (Å²) in [5.74, 6) is 1.47. The van der Waals surface area contributed by atoms with Crippen molar-refractivity contribution in [2.75, 3.05) is 6.61 Å². The van der Waals surface area contributed by atoms with Crippen molar-refractivity contribution in [2.24, 2.45) is 22.7 Å². The molecule has 1 heteroatoms. The first kappa shape index (κ1) is 8.55. The van der Waals surface area contributed by atoms with E-state index in [1.54, 1.807) is 0 Å². The highest BCUT2D eigenvalue weighted by Gasteiger charge is 2.62. The predicted octanol–water partition coefficient (Wildman–Crippen LogP) is 2.44. The Morgan fingerprint density at radius 2 is 2.00 bits per heavy atom. The lowest BCUT2D eigenvalue weighted by Crippen LogP contribution is -2.10. The average molecular weight is 168 g/mol. The van der Waals surface area contributed by atoms with Crippen molar-refractivity contribution in [1.82, 2.24) is 0 Å². The van der Waals surface area contributed by atoms with Gasteiger partial charge in [-0.05, 0) is 41.9 Å². The van der Waals surface area contributed by atoms with Crippen molar-refractivity contribution in [3.05, 3.63) is 0 Å². The zero-order valence-electron chi connectivity index (χ0n) is 8.43. The minimum atomic E-state index is 0.417. The molecule has 0 amide bonds. The summed E-state index contributed by atoms with van der Waals surface area (Å²) in [6.45, 7) is 7.51. The van der Waals surface area contributed by atoms with Crippen LogP contribution in [0.5, 0.6) is 0 Å². The Balaban J connectivity index is 2.11. The zero-order valence-corrected chi connectivity index (χ0v) is 8.43. The standard InChI is InChI=1S/C11H20O/c1-8-4-10(2,3)7-11(8)5-9(11)6-12/h8-9,12H,4-7H2,1-3H3. The summed E-state index contributed by atoms with van der Waals surface area (Å²) >= 11 is 0. The van der Waals surface area contributed by atoms with Crippen LogP contribution < -0.4 is 0 Å². The predicted molar refractivity (Wildman–Crippen MR) is 49.8 cm³/mol. The largest absolute Gasteiger partial charge is 0.396 e. The summed E-state index contributed by atoms with van der Waals surface area (Å²) in [5.41, 5.74) is 1.08. The van der Waals surface area contributed by atoms with E-state index >= 15 is 0 Å². The van der Waals surface area contributed by atoms with E-state index < -0.39 is 0 Å². The minimum Gasteiger partial charge on any atom is -0.396 e. The van der Waals surface area contributed by atoms with Crippen LogP contribution in [0.3, 0.4) is 0 Å². The van der Waals surface area contributed by atoms with E-state index in [-0.39, 0.29) is 0 Å². The summed E-state index contributed by atoms with van der Waals surface area (Å²) in [4.78, 5) is 0. The van der Waals surface area contributed by atoms with Gasteiger partial charge in [0.2, 0.25) is 0 Å². The Labute approximate surface area is 75.2 Å². The fraction of sp³-hybridized carbons (Fsp3) is 1.00. The molecule has 2 aliphatic rings. The molecule has 0 aliphatic heterocycles. The van der Waals surface area contributed by atoms with Gasteiger partial charge in [-0.2, -0.15) is 0 Å². The SMILES string of the molecule is CC1CC(C)(C)CC12CC2CO. The fourth-order valence-corrected chi connectivity index (χ4v) is 3.64. The van der Waals surface area contributed by atoms with E-state index in [1.165, 1.54) is 19.3 Å². The van der Waals surface area contributed by atoms with Gasteiger partial charge in [0.1, 0.15) is 0 Å². The molecule has 1 spiro atoms. The van der Waals surface area contributed by atoms with Gasteiger partial charge in [-0.3, -0.25) is 0 Å². The van der Waals surface area contributed by atoms with Crippen LogP contribution in [0, 0.1) is 22.7 Å². The topological polar surface area (TPSA) is 20.2 Å². The molecule has 0 radical (unpaired) electrons. The number of aliphatic hydroxyl groups is 1. The molecule has 1 N–H and O–H groups in total. The summed E-state index contributed by atoms with van der Waals surface area (Å²) in [5, 5.41) is 9.12. The monoisotopic (exact) mass is 168 g/mol. The van der Waals surface area contributed by atoms with Crippen molar-refractivity contribution < 1.29 is 5.11 Å². The Hall–Kier alpha value is -0.0400. The van der Waals surface area contributed by atoms with Crippen LogP contribution in [0.25, 0.3) is 0 Å². The lowest BCUT2D eigenvalue weighted by molar-refractivity contribution is 0.228. The quantitative estimate of drug-likeness (QED) is 0.637. The van der Waals surface area contributed by atoms with Crippen LogP contribution >= 0.6 is 0 Å². The van der Waals surface area contributed by atoms with Crippen LogP contribution in [-0.2, 0) is 0 Å². The first-order chi connectivity index (χ1) is 5.50. The van der Waals surface area contributed by atoms with Crippen LogP contribution in [0.1, 0.15) is 40.0 Å². The second-order valence-corrected chi connectivity index (χ2v) is 5.76. The molecule has 0 aromatic carbocycles. The van der Waals surface area contributed by atoms with Crippen molar-refractivity contribution in [1.29, 1.82) is 0 Å². The molecular weight excluding hydrogens is 148 g/mol. The van der Waals surface area contributed by atoms with E-state index in [4.69, 9.17) is 5.11 Å². The highest BCUT2D eigenvalue weighted by molar-refractivity contribution is 5.11. The molecule has 2 rings (SSSR count). The molecule has 2 saturated carbocycles. The van der Waals surface area contributed by atoms with Crippen molar-refractivity contribution in [3.8, 4) is 0 Å². The van der Waals surface area contributed by atoms with E-state index in [2.05, 4.69) is 20.8 Å². The van der Waals surface area contributed by atoms with Gasteiger partial charge in [-0.25, -0.2) is 0 Å². The van der Waals surface area contributed by atoms with Gasteiger partial charge >= 0.3 is 0 Å². The zero-order chi connectivity index (χ0) is 8.98. The lowest BCUT2D eigenvalue weighted by atomic mass is 9.89. The highest BCUT2D eigenvalue weighted by atomic mass is 16.3. The summed E-state index contributed by atoms with van der Waals surface area (Å²) in [6.07, 6.45) is 3.98. The van der Waals surface area contributed by atoms with Gasteiger partial charge in [-0.1, -0.05) is 20.8 Å². The molecule has 0 bridgehead atoms. The number of hydrogen-bond donors (Lipinski definition) is 1. The molecule has 2 aliphatic carbocycles. The molecule has 3 atom stereocenters. The average Bonchev–Trinajstić information content (AvgIpc) is 2.55. The molecule has 70 valence electrons. The molecule has 0 saturated heterocycles. The Morgan fingerprint density at radius 3 is 2.33 bits per heavy atom. The van der Waals surface area contributed by atoms with Gasteiger partial charge < -0.3 is 5.11 Å². The third-order valence-corrected chi connectivity index (χ3v) is 4.15. The normalized spacial score (nSPS) is 50.0.